The summed E-state index contributed by atoms with van der Waals surface area (Å²) in [6.45, 7) is 5.17. The van der Waals surface area contributed by atoms with Gasteiger partial charge in [0, 0.05) is 25.5 Å². The molecule has 3 rings (SSSR count). The molecule has 2 aromatic heterocycles. The van der Waals surface area contributed by atoms with Crippen molar-refractivity contribution >= 4 is 11.0 Å². The Hall–Kier alpha value is -2.14. The second-order valence-corrected chi connectivity index (χ2v) is 5.54. The van der Waals surface area contributed by atoms with E-state index in [1.807, 2.05) is 35.3 Å². The maximum atomic E-state index is 4.74. The quantitative estimate of drug-likeness (QED) is 0.782. The maximum Gasteiger partial charge on any atom is 0.126 e. The second kappa shape index (κ2) is 5.69. The Labute approximate surface area is 124 Å². The van der Waals surface area contributed by atoms with Crippen LogP contribution in [0.5, 0.6) is 0 Å². The van der Waals surface area contributed by atoms with Crippen molar-refractivity contribution in [2.45, 2.75) is 32.5 Å². The third-order valence-electron chi connectivity index (χ3n) is 3.76. The van der Waals surface area contributed by atoms with Gasteiger partial charge >= 0.3 is 0 Å². The topological polar surface area (TPSA) is 47.7 Å². The SMILES string of the molecule is CC(Cn1cccn1)NC(C)c1nc2ccccc2n1C. The molecule has 2 unspecified atom stereocenters. The van der Waals surface area contributed by atoms with Crippen molar-refractivity contribution in [3.63, 3.8) is 0 Å². The predicted molar refractivity (Wildman–Crippen MR) is 84.0 cm³/mol. The molecule has 0 amide bonds. The van der Waals surface area contributed by atoms with Gasteiger partial charge in [0.25, 0.3) is 0 Å². The average Bonchev–Trinajstić information content (AvgIpc) is 3.07. The zero-order valence-corrected chi connectivity index (χ0v) is 12.7. The van der Waals surface area contributed by atoms with Gasteiger partial charge in [-0.2, -0.15) is 5.10 Å². The van der Waals surface area contributed by atoms with Crippen LogP contribution in [-0.2, 0) is 13.6 Å². The number of aromatic nitrogens is 4. The zero-order valence-electron chi connectivity index (χ0n) is 12.7. The van der Waals surface area contributed by atoms with Gasteiger partial charge < -0.3 is 9.88 Å². The Kier molecular flexibility index (Phi) is 3.75. The molecule has 21 heavy (non-hydrogen) atoms. The lowest BCUT2D eigenvalue weighted by Crippen LogP contribution is -2.33. The number of hydrogen-bond acceptors (Lipinski definition) is 3. The van der Waals surface area contributed by atoms with E-state index in [9.17, 15) is 0 Å². The van der Waals surface area contributed by atoms with Crippen LogP contribution in [0.1, 0.15) is 25.7 Å². The Balaban J connectivity index is 1.74. The summed E-state index contributed by atoms with van der Waals surface area (Å²) in [4.78, 5) is 4.74. The van der Waals surface area contributed by atoms with E-state index in [0.717, 1.165) is 17.9 Å². The third-order valence-corrected chi connectivity index (χ3v) is 3.76. The highest BCUT2D eigenvalue weighted by Crippen LogP contribution is 2.19. The van der Waals surface area contributed by atoms with Crippen molar-refractivity contribution in [3.05, 3.63) is 48.5 Å². The molecule has 0 saturated carbocycles. The van der Waals surface area contributed by atoms with Crippen LogP contribution in [0.2, 0.25) is 0 Å². The summed E-state index contributed by atoms with van der Waals surface area (Å²) < 4.78 is 4.10. The van der Waals surface area contributed by atoms with Crippen LogP contribution in [0.25, 0.3) is 11.0 Å². The van der Waals surface area contributed by atoms with Gasteiger partial charge in [0.05, 0.1) is 23.6 Å². The largest absolute Gasteiger partial charge is 0.330 e. The molecule has 0 aliphatic carbocycles. The predicted octanol–water partition coefficient (Wildman–Crippen LogP) is 2.51. The molecule has 0 radical (unpaired) electrons. The van der Waals surface area contributed by atoms with Gasteiger partial charge in [-0.3, -0.25) is 4.68 Å². The number of fused-ring (bicyclic) bond motifs is 1. The van der Waals surface area contributed by atoms with Crippen molar-refractivity contribution in [2.24, 2.45) is 7.05 Å². The summed E-state index contributed by atoms with van der Waals surface area (Å²) >= 11 is 0. The molecule has 5 heteroatoms. The molecule has 3 aromatic rings. The lowest BCUT2D eigenvalue weighted by atomic mass is 10.2. The van der Waals surface area contributed by atoms with E-state index < -0.39 is 0 Å². The molecule has 1 N–H and O–H groups in total. The minimum absolute atomic E-state index is 0.188. The average molecular weight is 283 g/mol. The first-order chi connectivity index (χ1) is 10.1. The van der Waals surface area contributed by atoms with Crippen LogP contribution in [0, 0.1) is 0 Å². The normalized spacial score (nSPS) is 14.4. The first-order valence-corrected chi connectivity index (χ1v) is 7.30. The van der Waals surface area contributed by atoms with E-state index in [4.69, 9.17) is 4.98 Å². The lowest BCUT2D eigenvalue weighted by Gasteiger charge is -2.20. The fraction of sp³-hybridized carbons (Fsp3) is 0.375. The minimum atomic E-state index is 0.188. The number of hydrogen-bond donors (Lipinski definition) is 1. The number of nitrogens with one attached hydrogen (secondary N) is 1. The molecule has 1 aromatic carbocycles. The van der Waals surface area contributed by atoms with Crippen LogP contribution < -0.4 is 5.32 Å². The summed E-state index contributed by atoms with van der Waals surface area (Å²) in [7, 11) is 2.07. The summed E-state index contributed by atoms with van der Waals surface area (Å²) in [6, 6.07) is 10.7. The summed E-state index contributed by atoms with van der Waals surface area (Å²) in [6.07, 6.45) is 3.79. The highest BCUT2D eigenvalue weighted by atomic mass is 15.3. The molecule has 110 valence electrons. The molecule has 0 saturated heterocycles. The highest BCUT2D eigenvalue weighted by molar-refractivity contribution is 5.75. The van der Waals surface area contributed by atoms with Gasteiger partial charge in [-0.1, -0.05) is 12.1 Å². The first-order valence-electron chi connectivity index (χ1n) is 7.30. The van der Waals surface area contributed by atoms with Crippen LogP contribution in [0.4, 0.5) is 0 Å². The number of rotatable bonds is 5. The number of para-hydroxylation sites is 2. The van der Waals surface area contributed by atoms with Gasteiger partial charge in [-0.25, -0.2) is 4.98 Å². The highest BCUT2D eigenvalue weighted by Gasteiger charge is 2.16. The van der Waals surface area contributed by atoms with E-state index in [1.165, 1.54) is 5.52 Å². The molecule has 0 bridgehead atoms. The standard InChI is InChI=1S/C16H21N5/c1-12(11-21-10-6-9-17-21)18-13(2)16-19-14-7-4-5-8-15(14)20(16)3/h4-10,12-13,18H,11H2,1-3H3. The Morgan fingerprint density at radius 3 is 2.71 bits per heavy atom. The maximum absolute atomic E-state index is 4.74. The fourth-order valence-corrected chi connectivity index (χ4v) is 2.79. The zero-order chi connectivity index (χ0) is 14.8. The number of nitrogens with zero attached hydrogens (tertiary/aromatic N) is 4. The van der Waals surface area contributed by atoms with Crippen LogP contribution in [0.3, 0.4) is 0 Å². The fourth-order valence-electron chi connectivity index (χ4n) is 2.79. The van der Waals surface area contributed by atoms with Crippen molar-refractivity contribution in [3.8, 4) is 0 Å². The van der Waals surface area contributed by atoms with E-state index in [1.54, 1.807) is 0 Å². The molecule has 5 nitrogen and oxygen atoms in total. The van der Waals surface area contributed by atoms with Crippen LogP contribution >= 0.6 is 0 Å². The van der Waals surface area contributed by atoms with E-state index in [-0.39, 0.29) is 6.04 Å². The number of imidazole rings is 1. The second-order valence-electron chi connectivity index (χ2n) is 5.54. The van der Waals surface area contributed by atoms with Crippen LogP contribution in [-0.4, -0.2) is 25.4 Å². The monoisotopic (exact) mass is 283 g/mol. The molecular weight excluding hydrogens is 262 g/mol. The van der Waals surface area contributed by atoms with Crippen molar-refractivity contribution < 1.29 is 0 Å². The Morgan fingerprint density at radius 2 is 2.00 bits per heavy atom. The molecule has 2 heterocycles. The molecule has 0 fully saturated rings. The van der Waals surface area contributed by atoms with Crippen LogP contribution in [0.15, 0.2) is 42.7 Å². The lowest BCUT2D eigenvalue weighted by molar-refractivity contribution is 0.401. The molecule has 2 atom stereocenters. The Morgan fingerprint density at radius 1 is 1.19 bits per heavy atom. The summed E-state index contributed by atoms with van der Waals surface area (Å²) in [5, 5.41) is 7.84. The first kappa shape index (κ1) is 13.8. The third kappa shape index (κ3) is 2.83. The minimum Gasteiger partial charge on any atom is -0.330 e. The van der Waals surface area contributed by atoms with E-state index in [2.05, 4.69) is 48.0 Å². The van der Waals surface area contributed by atoms with E-state index in [0.29, 0.717) is 6.04 Å². The van der Waals surface area contributed by atoms with Gasteiger partial charge in [0.2, 0.25) is 0 Å². The van der Waals surface area contributed by atoms with E-state index >= 15 is 0 Å². The van der Waals surface area contributed by atoms with Crippen molar-refractivity contribution in [1.29, 1.82) is 0 Å². The molecule has 0 aliphatic rings. The van der Waals surface area contributed by atoms with Crippen molar-refractivity contribution in [1.82, 2.24) is 24.6 Å². The Bertz CT molecular complexity index is 713. The number of benzene rings is 1. The summed E-state index contributed by atoms with van der Waals surface area (Å²) in [5.41, 5.74) is 2.21. The molecule has 0 aliphatic heterocycles. The van der Waals surface area contributed by atoms with Gasteiger partial charge in [0.15, 0.2) is 0 Å². The summed E-state index contributed by atoms with van der Waals surface area (Å²) in [5.74, 6) is 1.06. The van der Waals surface area contributed by atoms with Gasteiger partial charge in [0.1, 0.15) is 5.82 Å². The van der Waals surface area contributed by atoms with Gasteiger partial charge in [-0.15, -0.1) is 0 Å². The molecule has 0 spiro atoms. The smallest absolute Gasteiger partial charge is 0.126 e. The number of aryl methyl sites for hydroxylation is 1. The van der Waals surface area contributed by atoms with Gasteiger partial charge in [-0.05, 0) is 32.0 Å². The molecular formula is C16H21N5. The van der Waals surface area contributed by atoms with Crippen molar-refractivity contribution in [2.75, 3.05) is 0 Å².